The number of rotatable bonds is 4. The fraction of sp³-hybridized carbons (Fsp3) is 0.167. The highest BCUT2D eigenvalue weighted by molar-refractivity contribution is 5.90. The van der Waals surface area contributed by atoms with Crippen molar-refractivity contribution >= 4 is 11.6 Å². The Kier molecular flexibility index (Phi) is 3.52. The van der Waals surface area contributed by atoms with Gasteiger partial charge in [-0.2, -0.15) is 5.10 Å². The van der Waals surface area contributed by atoms with Crippen molar-refractivity contribution in [2.45, 2.75) is 6.42 Å². The van der Waals surface area contributed by atoms with E-state index in [-0.39, 0.29) is 5.91 Å². The Balaban J connectivity index is 2.06. The maximum absolute atomic E-state index is 11.3. The van der Waals surface area contributed by atoms with E-state index in [4.69, 9.17) is 5.73 Å². The van der Waals surface area contributed by atoms with E-state index >= 15 is 0 Å². The van der Waals surface area contributed by atoms with Gasteiger partial charge in [0.1, 0.15) is 0 Å². The molecule has 3 N–H and O–H groups in total. The van der Waals surface area contributed by atoms with Crippen LogP contribution in [0, 0.1) is 0 Å². The highest BCUT2D eigenvalue weighted by Crippen LogP contribution is 2.12. The van der Waals surface area contributed by atoms with Crippen LogP contribution in [0.4, 0.5) is 5.69 Å². The van der Waals surface area contributed by atoms with Gasteiger partial charge >= 0.3 is 0 Å². The smallest absolute Gasteiger partial charge is 0.225 e. The zero-order chi connectivity index (χ0) is 12.1. The lowest BCUT2D eigenvalue weighted by Crippen LogP contribution is -2.16. The molecule has 17 heavy (non-hydrogen) atoms. The first-order chi connectivity index (χ1) is 8.29. The predicted octanol–water partition coefficient (Wildman–Crippen LogP) is 1.16. The minimum Gasteiger partial charge on any atom is -0.330 e. The number of nitrogens with zero attached hydrogens (tertiary/aromatic N) is 2. The van der Waals surface area contributed by atoms with Gasteiger partial charge in [-0.15, -0.1) is 0 Å². The molecular formula is C12H14N4O. The second-order valence-corrected chi connectivity index (χ2v) is 3.58. The minimum atomic E-state index is -0.0701. The van der Waals surface area contributed by atoms with Crippen molar-refractivity contribution in [3.05, 3.63) is 42.7 Å². The van der Waals surface area contributed by atoms with Crippen LogP contribution < -0.4 is 11.1 Å². The summed E-state index contributed by atoms with van der Waals surface area (Å²) in [5, 5.41) is 6.89. The van der Waals surface area contributed by atoms with Crippen LogP contribution in [0.25, 0.3) is 5.69 Å². The topological polar surface area (TPSA) is 72.9 Å². The molecule has 1 amide bonds. The lowest BCUT2D eigenvalue weighted by Gasteiger charge is -2.06. The fourth-order valence-electron chi connectivity index (χ4n) is 1.47. The molecule has 0 aliphatic carbocycles. The van der Waals surface area contributed by atoms with Gasteiger partial charge in [0.25, 0.3) is 0 Å². The van der Waals surface area contributed by atoms with Crippen LogP contribution in [0.2, 0.25) is 0 Å². The zero-order valence-electron chi connectivity index (χ0n) is 9.34. The molecule has 1 aromatic heterocycles. The Hall–Kier alpha value is -2.14. The van der Waals surface area contributed by atoms with Crippen molar-refractivity contribution in [2.75, 3.05) is 11.9 Å². The molecule has 1 aromatic carbocycles. The molecular weight excluding hydrogens is 216 g/mol. The summed E-state index contributed by atoms with van der Waals surface area (Å²) in [6.07, 6.45) is 3.92. The summed E-state index contributed by atoms with van der Waals surface area (Å²) in [6, 6.07) is 9.32. The van der Waals surface area contributed by atoms with Crippen LogP contribution in [0.3, 0.4) is 0 Å². The van der Waals surface area contributed by atoms with Gasteiger partial charge in [-0.05, 0) is 30.3 Å². The summed E-state index contributed by atoms with van der Waals surface area (Å²) in [7, 11) is 0. The van der Waals surface area contributed by atoms with Gasteiger partial charge in [0.05, 0.1) is 5.69 Å². The van der Waals surface area contributed by atoms with Crippen LogP contribution in [0.5, 0.6) is 0 Å². The third-order valence-corrected chi connectivity index (χ3v) is 2.29. The quantitative estimate of drug-likeness (QED) is 0.827. The standard InChI is InChI=1S/C12H14N4O/c13-7-6-12(17)15-10-2-4-11(5-3-10)16-9-1-8-14-16/h1-5,8-9H,6-7,13H2,(H,15,17). The molecule has 0 aliphatic heterocycles. The van der Waals surface area contributed by atoms with Gasteiger partial charge in [0, 0.05) is 31.0 Å². The first-order valence-electron chi connectivity index (χ1n) is 5.39. The van der Waals surface area contributed by atoms with E-state index in [0.29, 0.717) is 13.0 Å². The highest BCUT2D eigenvalue weighted by Gasteiger charge is 2.01. The van der Waals surface area contributed by atoms with E-state index in [1.165, 1.54) is 0 Å². The molecule has 5 nitrogen and oxygen atoms in total. The molecule has 0 radical (unpaired) electrons. The van der Waals surface area contributed by atoms with E-state index in [2.05, 4.69) is 10.4 Å². The maximum Gasteiger partial charge on any atom is 0.225 e. The van der Waals surface area contributed by atoms with Gasteiger partial charge in [-0.25, -0.2) is 4.68 Å². The summed E-state index contributed by atoms with van der Waals surface area (Å²) >= 11 is 0. The Morgan fingerprint density at radius 2 is 2.12 bits per heavy atom. The van der Waals surface area contributed by atoms with Crippen molar-refractivity contribution in [3.63, 3.8) is 0 Å². The molecule has 2 rings (SSSR count). The molecule has 2 aromatic rings. The Bertz CT molecular complexity index is 476. The second kappa shape index (κ2) is 5.27. The Morgan fingerprint density at radius 1 is 1.35 bits per heavy atom. The SMILES string of the molecule is NCCC(=O)Nc1ccc(-n2cccn2)cc1. The first kappa shape index (κ1) is 11.3. The molecule has 0 bridgehead atoms. The van der Waals surface area contributed by atoms with E-state index in [1.54, 1.807) is 10.9 Å². The van der Waals surface area contributed by atoms with E-state index in [0.717, 1.165) is 11.4 Å². The zero-order valence-corrected chi connectivity index (χ0v) is 9.34. The molecule has 0 spiro atoms. The minimum absolute atomic E-state index is 0.0701. The van der Waals surface area contributed by atoms with Crippen molar-refractivity contribution in [3.8, 4) is 5.69 Å². The lowest BCUT2D eigenvalue weighted by atomic mass is 10.2. The number of nitrogens with two attached hydrogens (primary N) is 1. The number of carbonyl (C=O) groups excluding carboxylic acids is 1. The number of hydrogen-bond donors (Lipinski definition) is 2. The normalized spacial score (nSPS) is 10.2. The van der Waals surface area contributed by atoms with E-state index < -0.39 is 0 Å². The number of nitrogens with one attached hydrogen (secondary N) is 1. The summed E-state index contributed by atoms with van der Waals surface area (Å²) in [5.41, 5.74) is 7.01. The Labute approximate surface area is 99.2 Å². The van der Waals surface area contributed by atoms with Crippen molar-refractivity contribution < 1.29 is 4.79 Å². The maximum atomic E-state index is 11.3. The molecule has 1 heterocycles. The molecule has 0 saturated carbocycles. The Morgan fingerprint density at radius 3 is 2.71 bits per heavy atom. The van der Waals surface area contributed by atoms with Gasteiger partial charge in [0.2, 0.25) is 5.91 Å². The summed E-state index contributed by atoms with van der Waals surface area (Å²) in [4.78, 5) is 11.3. The van der Waals surface area contributed by atoms with Gasteiger partial charge in [-0.3, -0.25) is 4.79 Å². The summed E-state index contributed by atoms with van der Waals surface area (Å²) in [6.45, 7) is 0.358. The molecule has 88 valence electrons. The number of aromatic nitrogens is 2. The molecule has 0 saturated heterocycles. The summed E-state index contributed by atoms with van der Waals surface area (Å²) < 4.78 is 1.76. The molecule has 5 heteroatoms. The number of amides is 1. The van der Waals surface area contributed by atoms with Crippen LogP contribution in [-0.4, -0.2) is 22.2 Å². The first-order valence-corrected chi connectivity index (χ1v) is 5.39. The average molecular weight is 230 g/mol. The van der Waals surface area contributed by atoms with Gasteiger partial charge < -0.3 is 11.1 Å². The average Bonchev–Trinajstić information content (AvgIpc) is 2.84. The van der Waals surface area contributed by atoms with E-state index in [1.807, 2.05) is 36.5 Å². The third-order valence-electron chi connectivity index (χ3n) is 2.29. The third kappa shape index (κ3) is 2.92. The van der Waals surface area contributed by atoms with Crippen molar-refractivity contribution in [1.82, 2.24) is 9.78 Å². The molecule has 0 unspecified atom stereocenters. The number of hydrogen-bond acceptors (Lipinski definition) is 3. The van der Waals surface area contributed by atoms with Crippen LogP contribution in [0.15, 0.2) is 42.7 Å². The number of carbonyl (C=O) groups is 1. The second-order valence-electron chi connectivity index (χ2n) is 3.58. The van der Waals surface area contributed by atoms with Crippen LogP contribution in [-0.2, 0) is 4.79 Å². The lowest BCUT2D eigenvalue weighted by molar-refractivity contribution is -0.116. The number of benzene rings is 1. The van der Waals surface area contributed by atoms with Crippen molar-refractivity contribution in [2.24, 2.45) is 5.73 Å². The van der Waals surface area contributed by atoms with Gasteiger partial charge in [-0.1, -0.05) is 0 Å². The molecule has 0 fully saturated rings. The predicted molar refractivity (Wildman–Crippen MR) is 65.9 cm³/mol. The fourth-order valence-corrected chi connectivity index (χ4v) is 1.47. The number of anilines is 1. The highest BCUT2D eigenvalue weighted by atomic mass is 16.1. The molecule has 0 atom stereocenters. The largest absolute Gasteiger partial charge is 0.330 e. The van der Waals surface area contributed by atoms with Crippen LogP contribution in [0.1, 0.15) is 6.42 Å². The van der Waals surface area contributed by atoms with Gasteiger partial charge in [0.15, 0.2) is 0 Å². The van der Waals surface area contributed by atoms with Crippen LogP contribution >= 0.6 is 0 Å². The monoisotopic (exact) mass is 230 g/mol. The van der Waals surface area contributed by atoms with E-state index in [9.17, 15) is 4.79 Å². The summed E-state index contributed by atoms with van der Waals surface area (Å²) in [5.74, 6) is -0.0701. The molecule has 0 aliphatic rings. The van der Waals surface area contributed by atoms with Crippen molar-refractivity contribution in [1.29, 1.82) is 0 Å².